The summed E-state index contributed by atoms with van der Waals surface area (Å²) in [4.78, 5) is 28.6. The van der Waals surface area contributed by atoms with E-state index in [1.807, 2.05) is 43.0 Å². The highest BCUT2D eigenvalue weighted by Gasteiger charge is 2.31. The van der Waals surface area contributed by atoms with E-state index in [0.29, 0.717) is 24.1 Å². The molecule has 37 heavy (non-hydrogen) atoms. The lowest BCUT2D eigenvalue weighted by Crippen LogP contribution is -2.43. The van der Waals surface area contributed by atoms with E-state index < -0.39 is 17.6 Å². The molecule has 1 saturated heterocycles. The Balaban J connectivity index is 1.76. The van der Waals surface area contributed by atoms with Crippen LogP contribution in [0.25, 0.3) is 0 Å². The summed E-state index contributed by atoms with van der Waals surface area (Å²) in [6.45, 7) is 6.60. The minimum absolute atomic E-state index is 0.000848. The second kappa shape index (κ2) is 11.6. The maximum Gasteiger partial charge on any atom is 0.251 e. The van der Waals surface area contributed by atoms with Gasteiger partial charge in [0.05, 0.1) is 11.3 Å². The van der Waals surface area contributed by atoms with Gasteiger partial charge in [0, 0.05) is 36.9 Å². The van der Waals surface area contributed by atoms with Crippen molar-refractivity contribution in [2.45, 2.75) is 52.1 Å². The predicted molar refractivity (Wildman–Crippen MR) is 146 cm³/mol. The van der Waals surface area contributed by atoms with Crippen LogP contribution in [0.15, 0.2) is 60.7 Å². The van der Waals surface area contributed by atoms with Crippen LogP contribution in [0.4, 0.5) is 15.8 Å². The molecule has 0 spiro atoms. The molecule has 0 unspecified atom stereocenters. The van der Waals surface area contributed by atoms with Crippen LogP contribution in [0.1, 0.15) is 64.1 Å². The minimum atomic E-state index is -0.800. The molecule has 3 aromatic carbocycles. The molecular formula is C30H35FN4O2. The van der Waals surface area contributed by atoms with Gasteiger partial charge in [0.25, 0.3) is 5.91 Å². The largest absolute Gasteiger partial charge is 0.366 e. The van der Waals surface area contributed by atoms with Crippen LogP contribution in [0.3, 0.4) is 0 Å². The molecule has 1 heterocycles. The fraction of sp³-hybridized carbons (Fsp3) is 0.333. The van der Waals surface area contributed by atoms with Gasteiger partial charge in [0.1, 0.15) is 0 Å². The van der Waals surface area contributed by atoms with Crippen LogP contribution < -0.4 is 16.4 Å². The molecule has 1 aliphatic heterocycles. The van der Waals surface area contributed by atoms with E-state index in [9.17, 15) is 9.59 Å². The Morgan fingerprint density at radius 2 is 1.49 bits per heavy atom. The number of anilines is 2. The van der Waals surface area contributed by atoms with Gasteiger partial charge in [-0.25, -0.2) is 4.39 Å². The molecule has 6 nitrogen and oxygen atoms in total. The Morgan fingerprint density at radius 3 is 2.08 bits per heavy atom. The molecule has 0 atom stereocenters. The first kappa shape index (κ1) is 26.4. The number of nitrogens with zero attached hydrogens (tertiary/aromatic N) is 2. The average Bonchev–Trinajstić information content (AvgIpc) is 2.90. The molecule has 1 fully saturated rings. The van der Waals surface area contributed by atoms with Gasteiger partial charge in [-0.15, -0.1) is 0 Å². The Bertz CT molecular complexity index is 1270. The lowest BCUT2D eigenvalue weighted by Gasteiger charge is -2.41. The number of carbonyl (C=O) groups is 2. The molecule has 4 rings (SSSR count). The number of carbonyl (C=O) groups excluding carboxylic acids is 2. The van der Waals surface area contributed by atoms with Gasteiger partial charge in [-0.05, 0) is 66.6 Å². The monoisotopic (exact) mass is 502 g/mol. The van der Waals surface area contributed by atoms with Crippen molar-refractivity contribution < 1.29 is 14.0 Å². The molecule has 3 aromatic rings. The molecule has 0 aromatic heterocycles. The van der Waals surface area contributed by atoms with Crippen molar-refractivity contribution in [1.29, 1.82) is 0 Å². The number of hydrogen-bond donors (Lipinski definition) is 2. The SMILES string of the molecule is CCc1c(C(N)=O)ccc(N(c2cccc(C(N)=O)c2F)C2CCN(Cc3ccccc3)CC2)c1CC. The first-order valence-corrected chi connectivity index (χ1v) is 12.9. The van der Waals surface area contributed by atoms with Crippen LogP contribution in [0.2, 0.25) is 0 Å². The second-order valence-corrected chi connectivity index (χ2v) is 9.53. The normalized spacial score (nSPS) is 14.5. The Kier molecular flexibility index (Phi) is 8.24. The van der Waals surface area contributed by atoms with E-state index in [2.05, 4.69) is 17.0 Å². The number of amides is 2. The number of hydrogen-bond acceptors (Lipinski definition) is 4. The highest BCUT2D eigenvalue weighted by Crippen LogP contribution is 2.39. The van der Waals surface area contributed by atoms with Crippen molar-refractivity contribution in [1.82, 2.24) is 4.90 Å². The molecule has 0 radical (unpaired) electrons. The van der Waals surface area contributed by atoms with Crippen molar-refractivity contribution >= 4 is 23.2 Å². The Labute approximate surface area is 218 Å². The molecule has 4 N–H and O–H groups in total. The van der Waals surface area contributed by atoms with Crippen LogP contribution in [-0.2, 0) is 19.4 Å². The van der Waals surface area contributed by atoms with Gasteiger partial charge in [-0.1, -0.05) is 50.2 Å². The first-order valence-electron chi connectivity index (χ1n) is 12.9. The van der Waals surface area contributed by atoms with Crippen LogP contribution >= 0.6 is 0 Å². The molecule has 194 valence electrons. The van der Waals surface area contributed by atoms with E-state index in [4.69, 9.17) is 11.5 Å². The average molecular weight is 503 g/mol. The third kappa shape index (κ3) is 5.52. The summed E-state index contributed by atoms with van der Waals surface area (Å²) >= 11 is 0. The zero-order valence-corrected chi connectivity index (χ0v) is 21.5. The van der Waals surface area contributed by atoms with Gasteiger partial charge >= 0.3 is 0 Å². The zero-order chi connectivity index (χ0) is 26.5. The first-order chi connectivity index (χ1) is 17.8. The minimum Gasteiger partial charge on any atom is -0.366 e. The number of piperidine rings is 1. The molecule has 0 saturated carbocycles. The summed E-state index contributed by atoms with van der Waals surface area (Å²) in [5, 5.41) is 0. The summed E-state index contributed by atoms with van der Waals surface area (Å²) in [6, 6.07) is 18.7. The van der Waals surface area contributed by atoms with Crippen LogP contribution in [0, 0.1) is 5.82 Å². The van der Waals surface area contributed by atoms with E-state index >= 15 is 4.39 Å². The third-order valence-corrected chi connectivity index (χ3v) is 7.31. The smallest absolute Gasteiger partial charge is 0.251 e. The number of halogens is 1. The summed E-state index contributed by atoms with van der Waals surface area (Å²) in [5.41, 5.74) is 15.8. The topological polar surface area (TPSA) is 92.7 Å². The van der Waals surface area contributed by atoms with E-state index in [-0.39, 0.29) is 11.6 Å². The lowest BCUT2D eigenvalue weighted by atomic mass is 9.92. The maximum atomic E-state index is 15.8. The van der Waals surface area contributed by atoms with Crippen molar-refractivity contribution in [3.63, 3.8) is 0 Å². The number of nitrogens with two attached hydrogens (primary N) is 2. The summed E-state index contributed by atoms with van der Waals surface area (Å²) in [6.07, 6.45) is 2.91. The third-order valence-electron chi connectivity index (χ3n) is 7.31. The Morgan fingerprint density at radius 1 is 0.838 bits per heavy atom. The fourth-order valence-electron chi connectivity index (χ4n) is 5.53. The molecular weight excluding hydrogens is 467 g/mol. The fourth-order valence-corrected chi connectivity index (χ4v) is 5.53. The number of rotatable bonds is 9. The number of benzene rings is 3. The van der Waals surface area contributed by atoms with Crippen molar-refractivity contribution in [2.75, 3.05) is 18.0 Å². The van der Waals surface area contributed by atoms with Crippen molar-refractivity contribution in [3.05, 3.63) is 94.3 Å². The van der Waals surface area contributed by atoms with Gasteiger partial charge in [0.15, 0.2) is 5.82 Å². The van der Waals surface area contributed by atoms with Gasteiger partial charge in [-0.3, -0.25) is 14.5 Å². The maximum absolute atomic E-state index is 15.8. The molecule has 0 aliphatic carbocycles. The molecule has 1 aliphatic rings. The van der Waals surface area contributed by atoms with Gasteiger partial charge in [0.2, 0.25) is 5.91 Å². The van der Waals surface area contributed by atoms with E-state index in [1.54, 1.807) is 18.2 Å². The lowest BCUT2D eigenvalue weighted by molar-refractivity contribution is 0.0989. The summed E-state index contributed by atoms with van der Waals surface area (Å²) in [5.74, 6) is -1.90. The Hall–Kier alpha value is -3.71. The predicted octanol–water partition coefficient (Wildman–Crippen LogP) is 4.95. The second-order valence-electron chi connectivity index (χ2n) is 9.53. The summed E-state index contributed by atoms with van der Waals surface area (Å²) < 4.78 is 15.8. The van der Waals surface area contributed by atoms with Crippen LogP contribution in [-0.4, -0.2) is 35.8 Å². The number of primary amides is 2. The molecule has 7 heteroatoms. The van der Waals surface area contributed by atoms with Crippen molar-refractivity contribution in [2.24, 2.45) is 11.5 Å². The van der Waals surface area contributed by atoms with E-state index in [0.717, 1.165) is 49.3 Å². The van der Waals surface area contributed by atoms with Crippen molar-refractivity contribution in [3.8, 4) is 0 Å². The molecule has 2 amide bonds. The van der Waals surface area contributed by atoms with E-state index in [1.165, 1.54) is 11.6 Å². The van der Waals surface area contributed by atoms with Gasteiger partial charge < -0.3 is 16.4 Å². The quantitative estimate of drug-likeness (QED) is 0.433. The highest BCUT2D eigenvalue weighted by atomic mass is 19.1. The van der Waals surface area contributed by atoms with Gasteiger partial charge in [-0.2, -0.15) is 0 Å². The highest BCUT2D eigenvalue weighted by molar-refractivity contribution is 5.96. The van der Waals surface area contributed by atoms with Crippen LogP contribution in [0.5, 0.6) is 0 Å². The number of likely N-dealkylation sites (tertiary alicyclic amines) is 1. The summed E-state index contributed by atoms with van der Waals surface area (Å²) in [7, 11) is 0. The standard InChI is InChI=1S/C30H35FN4O2/c1-3-22-23(4-2)26(14-13-24(22)29(32)36)35(27-12-8-11-25(28(27)31)30(33)37)21-15-17-34(18-16-21)19-20-9-6-5-7-10-20/h5-14,21H,3-4,15-19H2,1-2H3,(H2,32,36)(H2,33,37). The zero-order valence-electron chi connectivity index (χ0n) is 21.5. The molecule has 0 bridgehead atoms.